The van der Waals surface area contributed by atoms with E-state index in [1.165, 1.54) is 34.2 Å². The van der Waals surface area contributed by atoms with Crippen LogP contribution in [0, 0.1) is 13.8 Å². The molecule has 1 heteroatoms. The third-order valence-electron chi connectivity index (χ3n) is 4.21. The average Bonchev–Trinajstić information content (AvgIpc) is 2.34. The Morgan fingerprint density at radius 2 is 1.74 bits per heavy atom. The van der Waals surface area contributed by atoms with Crippen molar-refractivity contribution in [1.29, 1.82) is 0 Å². The fourth-order valence-corrected chi connectivity index (χ4v) is 3.38. The quantitative estimate of drug-likeness (QED) is 0.872. The van der Waals surface area contributed by atoms with Crippen molar-refractivity contribution in [3.63, 3.8) is 0 Å². The Labute approximate surface area is 115 Å². The Kier molecular flexibility index (Phi) is 3.16. The summed E-state index contributed by atoms with van der Waals surface area (Å²) in [6.45, 7) is 4.36. The molecule has 1 aliphatic carbocycles. The predicted octanol–water partition coefficient (Wildman–Crippen LogP) is 3.90. The summed E-state index contributed by atoms with van der Waals surface area (Å²) in [5.74, 6) is 0.613. The lowest BCUT2D eigenvalue weighted by Crippen LogP contribution is -2.31. The number of nitrogens with one attached hydrogen (secondary N) is 1. The zero-order chi connectivity index (χ0) is 13.4. The van der Waals surface area contributed by atoms with Crippen LogP contribution in [0.25, 0.3) is 0 Å². The minimum Gasteiger partial charge on any atom is -0.312 e. The number of rotatable bonds is 3. The van der Waals surface area contributed by atoms with Gasteiger partial charge in [0.05, 0.1) is 0 Å². The number of benzene rings is 2. The van der Waals surface area contributed by atoms with Crippen LogP contribution < -0.4 is 5.32 Å². The van der Waals surface area contributed by atoms with Crippen LogP contribution in [0.5, 0.6) is 0 Å². The summed E-state index contributed by atoms with van der Waals surface area (Å²) in [6, 6.07) is 16.1. The van der Waals surface area contributed by atoms with Crippen LogP contribution in [0.15, 0.2) is 42.5 Å². The molecule has 0 heterocycles. The third kappa shape index (κ3) is 2.19. The molecule has 19 heavy (non-hydrogen) atoms. The van der Waals surface area contributed by atoms with E-state index in [1.54, 1.807) is 0 Å². The van der Waals surface area contributed by atoms with Gasteiger partial charge in [0.2, 0.25) is 0 Å². The summed E-state index contributed by atoms with van der Waals surface area (Å²) in [7, 11) is 2.07. The van der Waals surface area contributed by atoms with E-state index in [-0.39, 0.29) is 0 Å². The largest absolute Gasteiger partial charge is 0.312 e. The van der Waals surface area contributed by atoms with Gasteiger partial charge in [0.1, 0.15) is 0 Å². The molecule has 0 radical (unpaired) electrons. The molecule has 98 valence electrons. The van der Waals surface area contributed by atoms with Crippen LogP contribution in [0.2, 0.25) is 0 Å². The maximum absolute atomic E-state index is 3.52. The van der Waals surface area contributed by atoms with Gasteiger partial charge in [-0.05, 0) is 44.0 Å². The molecule has 1 nitrogen and oxygen atoms in total. The van der Waals surface area contributed by atoms with E-state index in [1.807, 2.05) is 0 Å². The van der Waals surface area contributed by atoms with Crippen molar-refractivity contribution in [3.8, 4) is 0 Å². The Bertz CT molecular complexity index is 580. The van der Waals surface area contributed by atoms with Gasteiger partial charge in [0.15, 0.2) is 0 Å². The van der Waals surface area contributed by atoms with Crippen molar-refractivity contribution in [1.82, 2.24) is 5.32 Å². The summed E-state index contributed by atoms with van der Waals surface area (Å²) >= 11 is 0. The summed E-state index contributed by atoms with van der Waals surface area (Å²) in [5.41, 5.74) is 7.14. The number of hydrogen-bond acceptors (Lipinski definition) is 1. The molecule has 3 rings (SSSR count). The molecular weight excluding hydrogens is 230 g/mol. The number of aryl methyl sites for hydroxylation is 2. The van der Waals surface area contributed by atoms with E-state index < -0.39 is 0 Å². The molecule has 1 N–H and O–H groups in total. The first-order valence-electron chi connectivity index (χ1n) is 7.02. The fraction of sp³-hybridized carbons (Fsp3) is 0.333. The van der Waals surface area contributed by atoms with E-state index >= 15 is 0 Å². The fourth-order valence-electron chi connectivity index (χ4n) is 3.38. The Morgan fingerprint density at radius 1 is 1.05 bits per heavy atom. The van der Waals surface area contributed by atoms with E-state index in [2.05, 4.69) is 68.7 Å². The number of likely N-dealkylation sites (N-methyl/N-ethyl adjacent to an activating group) is 1. The van der Waals surface area contributed by atoms with Gasteiger partial charge in [-0.1, -0.05) is 53.6 Å². The molecule has 0 fully saturated rings. The Hall–Kier alpha value is -1.60. The van der Waals surface area contributed by atoms with E-state index in [0.29, 0.717) is 12.0 Å². The Balaban J connectivity index is 1.94. The molecule has 1 aliphatic rings. The molecule has 2 aromatic rings. The van der Waals surface area contributed by atoms with Gasteiger partial charge >= 0.3 is 0 Å². The second kappa shape index (κ2) is 4.82. The first kappa shape index (κ1) is 12.4. The van der Waals surface area contributed by atoms with Gasteiger partial charge in [0, 0.05) is 12.0 Å². The van der Waals surface area contributed by atoms with E-state index in [9.17, 15) is 0 Å². The molecular formula is C18H21N. The van der Waals surface area contributed by atoms with Gasteiger partial charge in [-0.15, -0.1) is 0 Å². The second-order valence-corrected chi connectivity index (χ2v) is 5.70. The van der Waals surface area contributed by atoms with Crippen LogP contribution in [-0.4, -0.2) is 7.05 Å². The van der Waals surface area contributed by atoms with Crippen LogP contribution >= 0.6 is 0 Å². The molecule has 0 spiro atoms. The monoisotopic (exact) mass is 251 g/mol. The number of fused-ring (bicyclic) bond motifs is 1. The highest BCUT2D eigenvalue weighted by atomic mass is 14.9. The van der Waals surface area contributed by atoms with Crippen LogP contribution in [-0.2, 0) is 6.42 Å². The van der Waals surface area contributed by atoms with Crippen LogP contribution in [0.1, 0.15) is 39.8 Å². The average molecular weight is 251 g/mol. The normalized spacial score (nSPS) is 18.6. The molecule has 2 aromatic carbocycles. The first-order chi connectivity index (χ1) is 9.19. The lowest BCUT2D eigenvalue weighted by molar-refractivity contribution is 0.438. The second-order valence-electron chi connectivity index (χ2n) is 5.70. The highest BCUT2D eigenvalue weighted by molar-refractivity contribution is 5.44. The Morgan fingerprint density at radius 3 is 2.37 bits per heavy atom. The van der Waals surface area contributed by atoms with Gasteiger partial charge in [0.25, 0.3) is 0 Å². The SMILES string of the molecule is CNC(c1cc(C)cc(C)c1)C1Cc2ccccc21. The minimum atomic E-state index is 0.425. The zero-order valence-corrected chi connectivity index (χ0v) is 11.9. The first-order valence-corrected chi connectivity index (χ1v) is 7.02. The molecule has 2 unspecified atom stereocenters. The predicted molar refractivity (Wildman–Crippen MR) is 80.6 cm³/mol. The topological polar surface area (TPSA) is 12.0 Å². The molecule has 2 atom stereocenters. The summed E-state index contributed by atoms with van der Waals surface area (Å²) in [4.78, 5) is 0. The van der Waals surface area contributed by atoms with Crippen molar-refractivity contribution in [3.05, 3.63) is 70.3 Å². The maximum Gasteiger partial charge on any atom is 0.0390 e. The highest BCUT2D eigenvalue weighted by Crippen LogP contribution is 2.43. The van der Waals surface area contributed by atoms with Crippen molar-refractivity contribution < 1.29 is 0 Å². The van der Waals surface area contributed by atoms with Gasteiger partial charge < -0.3 is 5.32 Å². The molecule has 0 aliphatic heterocycles. The van der Waals surface area contributed by atoms with Gasteiger partial charge in [-0.3, -0.25) is 0 Å². The van der Waals surface area contributed by atoms with Gasteiger partial charge in [-0.2, -0.15) is 0 Å². The maximum atomic E-state index is 3.52. The van der Waals surface area contributed by atoms with Crippen molar-refractivity contribution in [2.75, 3.05) is 7.05 Å². The highest BCUT2D eigenvalue weighted by Gasteiger charge is 2.32. The van der Waals surface area contributed by atoms with Crippen LogP contribution in [0.4, 0.5) is 0 Å². The van der Waals surface area contributed by atoms with Gasteiger partial charge in [-0.25, -0.2) is 0 Å². The summed E-state index contributed by atoms with van der Waals surface area (Å²) in [6.07, 6.45) is 1.19. The molecule has 0 amide bonds. The molecule has 0 bridgehead atoms. The van der Waals surface area contributed by atoms with E-state index in [4.69, 9.17) is 0 Å². The molecule has 0 saturated carbocycles. The molecule has 0 saturated heterocycles. The molecule has 0 aromatic heterocycles. The van der Waals surface area contributed by atoms with Crippen molar-refractivity contribution in [2.45, 2.75) is 32.2 Å². The lowest BCUT2D eigenvalue weighted by Gasteiger charge is -2.37. The lowest BCUT2D eigenvalue weighted by atomic mass is 9.71. The third-order valence-corrected chi connectivity index (χ3v) is 4.21. The number of hydrogen-bond donors (Lipinski definition) is 1. The van der Waals surface area contributed by atoms with E-state index in [0.717, 1.165) is 0 Å². The zero-order valence-electron chi connectivity index (χ0n) is 11.9. The summed E-state index contributed by atoms with van der Waals surface area (Å²) < 4.78 is 0. The van der Waals surface area contributed by atoms with Crippen molar-refractivity contribution in [2.24, 2.45) is 0 Å². The standard InChI is InChI=1S/C18H21N/c1-12-8-13(2)10-15(9-12)18(19-3)17-11-14-6-4-5-7-16(14)17/h4-10,17-19H,11H2,1-3H3. The van der Waals surface area contributed by atoms with Crippen molar-refractivity contribution >= 4 is 0 Å². The van der Waals surface area contributed by atoms with Crippen LogP contribution in [0.3, 0.4) is 0 Å². The smallest absolute Gasteiger partial charge is 0.0390 e. The minimum absolute atomic E-state index is 0.425. The summed E-state index contributed by atoms with van der Waals surface area (Å²) in [5, 5.41) is 3.52.